The number of hydrogen-bond acceptors (Lipinski definition) is 1. The number of halogens is 1. The molecule has 0 fully saturated rings. The first kappa shape index (κ1) is 15.2. The average Bonchev–Trinajstić information content (AvgIpc) is 2.39. The van der Waals surface area contributed by atoms with Gasteiger partial charge in [0.2, 0.25) is 0 Å². The van der Waals surface area contributed by atoms with E-state index in [4.69, 9.17) is 0 Å². The minimum atomic E-state index is -0.144. The minimum Gasteiger partial charge on any atom is -0.313 e. The first-order valence-electron chi connectivity index (χ1n) is 7.13. The Morgan fingerprint density at radius 3 is 2.61 bits per heavy atom. The van der Waals surface area contributed by atoms with Crippen LogP contribution in [-0.4, -0.2) is 7.05 Å². The second-order valence-electron chi connectivity index (χ2n) is 5.05. The maximum absolute atomic E-state index is 13.3. The van der Waals surface area contributed by atoms with Gasteiger partial charge in [-0.3, -0.25) is 0 Å². The van der Waals surface area contributed by atoms with Crippen LogP contribution in [0.2, 0.25) is 0 Å². The maximum Gasteiger partial charge on any atom is 0.123 e. The summed E-state index contributed by atoms with van der Waals surface area (Å²) in [5, 5.41) is 3.32. The van der Waals surface area contributed by atoms with Crippen molar-refractivity contribution in [1.29, 1.82) is 0 Å². The molecule has 18 heavy (non-hydrogen) atoms. The van der Waals surface area contributed by atoms with Crippen LogP contribution in [0.5, 0.6) is 0 Å². The number of benzene rings is 1. The monoisotopic (exact) mass is 251 g/mol. The highest BCUT2D eigenvalue weighted by Crippen LogP contribution is 2.26. The summed E-state index contributed by atoms with van der Waals surface area (Å²) in [6.07, 6.45) is 6.11. The van der Waals surface area contributed by atoms with E-state index < -0.39 is 0 Å². The molecule has 1 N–H and O–H groups in total. The largest absolute Gasteiger partial charge is 0.313 e. The van der Waals surface area contributed by atoms with Gasteiger partial charge in [0.15, 0.2) is 0 Å². The molecule has 0 aliphatic heterocycles. The molecule has 1 rings (SSSR count). The molecule has 2 atom stereocenters. The lowest BCUT2D eigenvalue weighted by molar-refractivity contribution is 0.364. The van der Waals surface area contributed by atoms with Crippen molar-refractivity contribution >= 4 is 0 Å². The molecule has 0 spiro atoms. The van der Waals surface area contributed by atoms with E-state index in [1.54, 1.807) is 12.1 Å². The molecule has 0 aliphatic carbocycles. The zero-order chi connectivity index (χ0) is 13.4. The van der Waals surface area contributed by atoms with Gasteiger partial charge in [0.1, 0.15) is 5.82 Å². The highest BCUT2D eigenvalue weighted by atomic mass is 19.1. The van der Waals surface area contributed by atoms with Crippen LogP contribution in [-0.2, 0) is 0 Å². The van der Waals surface area contributed by atoms with E-state index in [2.05, 4.69) is 19.2 Å². The molecule has 0 saturated carbocycles. The molecule has 2 unspecified atom stereocenters. The van der Waals surface area contributed by atoms with E-state index in [1.165, 1.54) is 31.7 Å². The fraction of sp³-hybridized carbons (Fsp3) is 0.625. The topological polar surface area (TPSA) is 12.0 Å². The Morgan fingerprint density at radius 1 is 1.28 bits per heavy atom. The van der Waals surface area contributed by atoms with Crippen molar-refractivity contribution in [3.05, 3.63) is 35.6 Å². The second kappa shape index (κ2) is 8.25. The molecular formula is C16H26FN. The van der Waals surface area contributed by atoms with Crippen molar-refractivity contribution in [2.45, 2.75) is 52.0 Å². The molecular weight excluding hydrogens is 225 g/mol. The molecule has 1 aromatic carbocycles. The van der Waals surface area contributed by atoms with Crippen LogP contribution in [0.15, 0.2) is 24.3 Å². The Kier molecular flexibility index (Phi) is 6.96. The molecule has 102 valence electrons. The van der Waals surface area contributed by atoms with Crippen molar-refractivity contribution in [2.75, 3.05) is 7.05 Å². The highest BCUT2D eigenvalue weighted by molar-refractivity contribution is 5.20. The van der Waals surface area contributed by atoms with Gasteiger partial charge in [-0.05, 0) is 37.1 Å². The summed E-state index contributed by atoms with van der Waals surface area (Å²) in [6, 6.07) is 7.22. The van der Waals surface area contributed by atoms with Crippen molar-refractivity contribution in [3.63, 3.8) is 0 Å². The van der Waals surface area contributed by atoms with Crippen LogP contribution in [0.1, 0.15) is 57.6 Å². The molecule has 0 heterocycles. The van der Waals surface area contributed by atoms with Crippen LogP contribution < -0.4 is 5.32 Å². The third kappa shape index (κ3) is 4.77. The van der Waals surface area contributed by atoms with Gasteiger partial charge < -0.3 is 5.32 Å². The maximum atomic E-state index is 13.3. The lowest BCUT2D eigenvalue weighted by Gasteiger charge is -2.23. The van der Waals surface area contributed by atoms with Crippen LogP contribution in [0, 0.1) is 11.7 Å². The summed E-state index contributed by atoms with van der Waals surface area (Å²) in [7, 11) is 1.96. The fourth-order valence-electron chi connectivity index (χ4n) is 2.46. The predicted molar refractivity (Wildman–Crippen MR) is 76.1 cm³/mol. The Labute approximate surface area is 111 Å². The number of hydrogen-bond donors (Lipinski definition) is 1. The van der Waals surface area contributed by atoms with Gasteiger partial charge in [-0.2, -0.15) is 0 Å². The fourth-order valence-corrected chi connectivity index (χ4v) is 2.46. The van der Waals surface area contributed by atoms with Crippen LogP contribution in [0.25, 0.3) is 0 Å². The molecule has 0 bridgehead atoms. The first-order valence-corrected chi connectivity index (χ1v) is 7.13. The molecule has 0 saturated heterocycles. The summed E-state index contributed by atoms with van der Waals surface area (Å²) in [6.45, 7) is 4.48. The van der Waals surface area contributed by atoms with E-state index in [9.17, 15) is 4.39 Å². The minimum absolute atomic E-state index is 0.144. The van der Waals surface area contributed by atoms with Gasteiger partial charge in [-0.1, -0.05) is 51.7 Å². The second-order valence-corrected chi connectivity index (χ2v) is 5.05. The smallest absolute Gasteiger partial charge is 0.123 e. The Morgan fingerprint density at radius 2 is 2.06 bits per heavy atom. The van der Waals surface area contributed by atoms with E-state index in [0.717, 1.165) is 17.9 Å². The van der Waals surface area contributed by atoms with Gasteiger partial charge in [-0.15, -0.1) is 0 Å². The average molecular weight is 251 g/mol. The summed E-state index contributed by atoms with van der Waals surface area (Å²) >= 11 is 0. The molecule has 0 aliphatic rings. The predicted octanol–water partition coefficient (Wildman–Crippen LogP) is 4.69. The summed E-state index contributed by atoms with van der Waals surface area (Å²) in [4.78, 5) is 0. The summed E-state index contributed by atoms with van der Waals surface area (Å²) in [5.41, 5.74) is 1.06. The number of rotatable bonds is 8. The summed E-state index contributed by atoms with van der Waals surface area (Å²) < 4.78 is 13.3. The van der Waals surface area contributed by atoms with Crippen molar-refractivity contribution < 1.29 is 4.39 Å². The third-order valence-corrected chi connectivity index (χ3v) is 3.71. The van der Waals surface area contributed by atoms with Crippen molar-refractivity contribution in [3.8, 4) is 0 Å². The Hall–Kier alpha value is -0.890. The lowest BCUT2D eigenvalue weighted by atomic mass is 9.89. The standard InChI is InChI=1S/C16H26FN/c1-4-6-8-13(5-2)11-16(18-3)14-9-7-10-15(17)12-14/h7,9-10,12-13,16,18H,4-6,8,11H2,1-3H3. The van der Waals surface area contributed by atoms with Crippen LogP contribution in [0.3, 0.4) is 0 Å². The zero-order valence-electron chi connectivity index (χ0n) is 11.9. The molecule has 0 radical (unpaired) electrons. The quantitative estimate of drug-likeness (QED) is 0.706. The first-order chi connectivity index (χ1) is 8.71. The van der Waals surface area contributed by atoms with Crippen LogP contribution in [0.4, 0.5) is 4.39 Å². The molecule has 2 heteroatoms. The van der Waals surface area contributed by atoms with Gasteiger partial charge in [0, 0.05) is 6.04 Å². The van der Waals surface area contributed by atoms with Gasteiger partial charge in [0.05, 0.1) is 0 Å². The van der Waals surface area contributed by atoms with E-state index in [-0.39, 0.29) is 11.9 Å². The van der Waals surface area contributed by atoms with Gasteiger partial charge >= 0.3 is 0 Å². The molecule has 1 aromatic rings. The molecule has 1 nitrogen and oxygen atoms in total. The van der Waals surface area contributed by atoms with E-state index in [0.29, 0.717) is 0 Å². The van der Waals surface area contributed by atoms with Crippen molar-refractivity contribution in [2.24, 2.45) is 5.92 Å². The van der Waals surface area contributed by atoms with Crippen LogP contribution >= 0.6 is 0 Å². The summed E-state index contributed by atoms with van der Waals surface area (Å²) in [5.74, 6) is 0.583. The zero-order valence-corrected chi connectivity index (χ0v) is 11.9. The van der Waals surface area contributed by atoms with E-state index in [1.807, 2.05) is 13.1 Å². The van der Waals surface area contributed by atoms with Gasteiger partial charge in [-0.25, -0.2) is 4.39 Å². The number of unbranched alkanes of at least 4 members (excludes halogenated alkanes) is 1. The van der Waals surface area contributed by atoms with Crippen molar-refractivity contribution in [1.82, 2.24) is 5.32 Å². The molecule has 0 amide bonds. The van der Waals surface area contributed by atoms with E-state index >= 15 is 0 Å². The normalized spacial score (nSPS) is 14.4. The number of nitrogens with one attached hydrogen (secondary N) is 1. The lowest BCUT2D eigenvalue weighted by Crippen LogP contribution is -2.20. The van der Waals surface area contributed by atoms with Gasteiger partial charge in [0.25, 0.3) is 0 Å². The Bertz CT molecular complexity index is 338. The SMILES string of the molecule is CCCCC(CC)CC(NC)c1cccc(F)c1. The Balaban J connectivity index is 2.65. The molecule has 0 aromatic heterocycles. The highest BCUT2D eigenvalue weighted by Gasteiger charge is 2.15. The third-order valence-electron chi connectivity index (χ3n) is 3.71.